The van der Waals surface area contributed by atoms with Crippen LogP contribution in [-0.2, 0) is 21.7 Å². The lowest BCUT2D eigenvalue weighted by molar-refractivity contribution is -0.137. The minimum atomic E-state index is -1.33. The van der Waals surface area contributed by atoms with Crippen LogP contribution in [-0.4, -0.2) is 43.0 Å². The highest BCUT2D eigenvalue weighted by Crippen LogP contribution is 2.35. The van der Waals surface area contributed by atoms with Crippen molar-refractivity contribution in [1.29, 1.82) is 0 Å². The molecule has 8 heteroatoms. The number of imide groups is 1. The lowest BCUT2D eigenvalue weighted by Crippen LogP contribution is -2.49. The second-order valence-corrected chi connectivity index (χ2v) is 7.18. The number of urea groups is 1. The molecule has 158 valence electrons. The summed E-state index contributed by atoms with van der Waals surface area (Å²) in [5, 5.41) is 5.47. The number of hydrogen-bond acceptors (Lipinski definition) is 5. The maximum absolute atomic E-state index is 13.2. The second kappa shape index (κ2) is 8.44. The first-order chi connectivity index (χ1) is 14.3. The highest BCUT2D eigenvalue weighted by Gasteiger charge is 2.52. The third kappa shape index (κ3) is 3.80. The van der Waals surface area contributed by atoms with Crippen LogP contribution in [0.25, 0.3) is 0 Å². The van der Waals surface area contributed by atoms with Gasteiger partial charge in [-0.3, -0.25) is 9.59 Å². The molecule has 0 aliphatic carbocycles. The van der Waals surface area contributed by atoms with Crippen LogP contribution in [0.5, 0.6) is 11.5 Å². The summed E-state index contributed by atoms with van der Waals surface area (Å²) in [4.78, 5) is 39.4. The molecule has 1 heterocycles. The molecule has 0 aromatic heterocycles. The van der Waals surface area contributed by atoms with Gasteiger partial charge in [-0.15, -0.1) is 0 Å². The largest absolute Gasteiger partial charge is 0.493 e. The summed E-state index contributed by atoms with van der Waals surface area (Å²) in [7, 11) is 3.00. The molecule has 0 saturated carbocycles. The molecule has 0 bridgehead atoms. The van der Waals surface area contributed by atoms with Crippen LogP contribution < -0.4 is 20.1 Å². The van der Waals surface area contributed by atoms with Crippen molar-refractivity contribution in [3.63, 3.8) is 0 Å². The number of methoxy groups -OCH3 is 2. The zero-order valence-corrected chi connectivity index (χ0v) is 17.4. The first kappa shape index (κ1) is 21.2. The number of hydrogen-bond donors (Lipinski definition) is 2. The molecule has 2 N–H and O–H groups in total. The van der Waals surface area contributed by atoms with Crippen molar-refractivity contribution < 1.29 is 23.9 Å². The van der Waals surface area contributed by atoms with E-state index in [-0.39, 0.29) is 0 Å². The van der Waals surface area contributed by atoms with E-state index in [4.69, 9.17) is 9.47 Å². The molecule has 0 spiro atoms. The first-order valence-corrected chi connectivity index (χ1v) is 9.51. The molecule has 4 amide bonds. The fourth-order valence-corrected chi connectivity index (χ4v) is 3.41. The number of ether oxygens (including phenoxy) is 2. The van der Waals surface area contributed by atoms with E-state index in [1.54, 1.807) is 25.1 Å². The molecule has 3 rings (SSSR count). The van der Waals surface area contributed by atoms with E-state index in [0.29, 0.717) is 23.6 Å². The fraction of sp³-hybridized carbons (Fsp3) is 0.318. The maximum Gasteiger partial charge on any atom is 0.326 e. The van der Waals surface area contributed by atoms with E-state index in [9.17, 15) is 14.4 Å². The van der Waals surface area contributed by atoms with Crippen LogP contribution in [0.4, 0.5) is 4.79 Å². The molecule has 30 heavy (non-hydrogen) atoms. The molecule has 1 aliphatic rings. The van der Waals surface area contributed by atoms with E-state index in [2.05, 4.69) is 10.6 Å². The number of amides is 4. The quantitative estimate of drug-likeness (QED) is 0.681. The van der Waals surface area contributed by atoms with E-state index in [1.165, 1.54) is 21.1 Å². The number of benzene rings is 2. The van der Waals surface area contributed by atoms with Crippen LogP contribution in [0.3, 0.4) is 0 Å². The maximum atomic E-state index is 13.2. The number of carbonyl (C=O) groups excluding carboxylic acids is 3. The number of rotatable bonds is 7. The Labute approximate surface area is 175 Å². The SMILES string of the molecule is COc1ccc([C@@]2(C)NC(=O)N([C@@H](C)C(=O)NCc3ccccc3)C2=O)cc1OC. The molecule has 1 aliphatic heterocycles. The predicted octanol–water partition coefficient (Wildman–Crippen LogP) is 2.18. The van der Waals surface area contributed by atoms with Gasteiger partial charge in [-0.05, 0) is 37.1 Å². The summed E-state index contributed by atoms with van der Waals surface area (Å²) >= 11 is 0. The lowest BCUT2D eigenvalue weighted by Gasteiger charge is -2.25. The third-order valence-electron chi connectivity index (χ3n) is 5.26. The van der Waals surface area contributed by atoms with Crippen LogP contribution >= 0.6 is 0 Å². The number of nitrogens with one attached hydrogen (secondary N) is 2. The van der Waals surface area contributed by atoms with Gasteiger partial charge in [0.25, 0.3) is 5.91 Å². The summed E-state index contributed by atoms with van der Waals surface area (Å²) in [5.41, 5.74) is 0.119. The Hall–Kier alpha value is -3.55. The Morgan fingerprint density at radius 2 is 1.77 bits per heavy atom. The monoisotopic (exact) mass is 411 g/mol. The van der Waals surface area contributed by atoms with Crippen LogP contribution in [0.1, 0.15) is 25.0 Å². The fourth-order valence-electron chi connectivity index (χ4n) is 3.41. The molecule has 2 aromatic rings. The van der Waals surface area contributed by atoms with Gasteiger partial charge >= 0.3 is 6.03 Å². The molecule has 2 aromatic carbocycles. The summed E-state index contributed by atoms with van der Waals surface area (Å²) in [6.45, 7) is 3.43. The highest BCUT2D eigenvalue weighted by molar-refractivity contribution is 6.10. The Kier molecular flexibility index (Phi) is 5.96. The van der Waals surface area contributed by atoms with Crippen LogP contribution in [0.2, 0.25) is 0 Å². The van der Waals surface area contributed by atoms with Crippen molar-refractivity contribution in [3.8, 4) is 11.5 Å². The molecule has 0 radical (unpaired) electrons. The van der Waals surface area contributed by atoms with Gasteiger partial charge in [0.1, 0.15) is 11.6 Å². The van der Waals surface area contributed by atoms with Gasteiger partial charge in [0.05, 0.1) is 14.2 Å². The Morgan fingerprint density at radius 1 is 1.10 bits per heavy atom. The van der Waals surface area contributed by atoms with E-state index in [0.717, 1.165) is 10.5 Å². The normalized spacial score (nSPS) is 19.3. The molecular formula is C22H25N3O5. The van der Waals surface area contributed by atoms with E-state index < -0.39 is 29.4 Å². The molecule has 1 saturated heterocycles. The number of nitrogens with zero attached hydrogens (tertiary/aromatic N) is 1. The summed E-state index contributed by atoms with van der Waals surface area (Å²) in [5.74, 6) is 0.0125. The smallest absolute Gasteiger partial charge is 0.326 e. The van der Waals surface area contributed by atoms with Gasteiger partial charge in [-0.1, -0.05) is 36.4 Å². The Morgan fingerprint density at radius 3 is 2.40 bits per heavy atom. The van der Waals surface area contributed by atoms with Crippen molar-refractivity contribution in [1.82, 2.24) is 15.5 Å². The van der Waals surface area contributed by atoms with Crippen molar-refractivity contribution >= 4 is 17.8 Å². The molecule has 0 unspecified atom stereocenters. The van der Waals surface area contributed by atoms with E-state index in [1.807, 2.05) is 30.3 Å². The van der Waals surface area contributed by atoms with E-state index >= 15 is 0 Å². The highest BCUT2D eigenvalue weighted by atomic mass is 16.5. The third-order valence-corrected chi connectivity index (χ3v) is 5.26. The predicted molar refractivity (Wildman–Crippen MR) is 110 cm³/mol. The van der Waals surface area contributed by atoms with Gasteiger partial charge in [0.2, 0.25) is 5.91 Å². The average molecular weight is 411 g/mol. The molecular weight excluding hydrogens is 386 g/mol. The van der Waals surface area contributed by atoms with Gasteiger partial charge in [-0.2, -0.15) is 0 Å². The molecule has 1 fully saturated rings. The van der Waals surface area contributed by atoms with Crippen molar-refractivity contribution in [2.75, 3.05) is 14.2 Å². The average Bonchev–Trinajstić information content (AvgIpc) is 3.00. The summed E-state index contributed by atoms with van der Waals surface area (Å²) in [6.07, 6.45) is 0. The minimum absolute atomic E-state index is 0.306. The van der Waals surface area contributed by atoms with Gasteiger partial charge in [0, 0.05) is 6.54 Å². The summed E-state index contributed by atoms with van der Waals surface area (Å²) < 4.78 is 10.5. The number of carbonyl (C=O) groups is 3. The van der Waals surface area contributed by atoms with Crippen molar-refractivity contribution in [2.45, 2.75) is 32.0 Å². The summed E-state index contributed by atoms with van der Waals surface area (Å²) in [6, 6.07) is 12.8. The van der Waals surface area contributed by atoms with Crippen molar-refractivity contribution in [2.24, 2.45) is 0 Å². The molecule has 2 atom stereocenters. The van der Waals surface area contributed by atoms with Crippen LogP contribution in [0, 0.1) is 0 Å². The second-order valence-electron chi connectivity index (χ2n) is 7.18. The lowest BCUT2D eigenvalue weighted by atomic mass is 9.91. The Bertz CT molecular complexity index is 963. The van der Waals surface area contributed by atoms with Crippen LogP contribution in [0.15, 0.2) is 48.5 Å². The zero-order chi connectivity index (χ0) is 21.9. The standard InChI is InChI=1S/C22H25N3O5/c1-14(19(26)23-13-15-8-6-5-7-9-15)25-20(27)22(2,24-21(25)28)16-10-11-17(29-3)18(12-16)30-4/h5-12,14H,13H2,1-4H3,(H,23,26)(H,24,28)/t14-,22+/m0/s1. The van der Waals surface area contributed by atoms with Gasteiger partial charge in [0.15, 0.2) is 11.5 Å². The minimum Gasteiger partial charge on any atom is -0.493 e. The van der Waals surface area contributed by atoms with Gasteiger partial charge < -0.3 is 20.1 Å². The Balaban J connectivity index is 1.78. The van der Waals surface area contributed by atoms with Crippen molar-refractivity contribution in [3.05, 3.63) is 59.7 Å². The molecule has 8 nitrogen and oxygen atoms in total. The van der Waals surface area contributed by atoms with Gasteiger partial charge in [-0.25, -0.2) is 9.69 Å². The first-order valence-electron chi connectivity index (χ1n) is 9.51. The zero-order valence-electron chi connectivity index (χ0n) is 17.4. The topological polar surface area (TPSA) is 97.0 Å².